The summed E-state index contributed by atoms with van der Waals surface area (Å²) in [4.78, 5) is 20.3. The highest BCUT2D eigenvalue weighted by Gasteiger charge is 2.07. The lowest BCUT2D eigenvalue weighted by Crippen LogP contribution is -2.14. The minimum absolute atomic E-state index is 0.0168. The minimum atomic E-state index is -0.0168. The van der Waals surface area contributed by atoms with Crippen LogP contribution in [0.15, 0.2) is 43.0 Å². The Hall–Kier alpha value is -2.69. The summed E-state index contributed by atoms with van der Waals surface area (Å²) < 4.78 is 2.02. The number of amides is 1. The predicted octanol–water partition coefficient (Wildman–Crippen LogP) is 3.08. The molecule has 1 amide bonds. The third-order valence-electron chi connectivity index (χ3n) is 3.78. The third kappa shape index (κ3) is 2.98. The molecule has 0 bridgehead atoms. The number of carbonyl (C=O) groups is 1. The maximum absolute atomic E-state index is 12.0. The highest BCUT2D eigenvalue weighted by molar-refractivity contribution is 5.90. The topological polar surface area (TPSA) is 59.8 Å². The molecule has 0 aliphatic heterocycles. The Bertz CT molecular complexity index is 808. The van der Waals surface area contributed by atoms with Crippen molar-refractivity contribution in [3.63, 3.8) is 0 Å². The molecule has 5 nitrogen and oxygen atoms in total. The Morgan fingerprint density at radius 3 is 2.68 bits per heavy atom. The fourth-order valence-electron chi connectivity index (χ4n) is 2.37. The SMILES string of the molecule is Cc1cc2ncn(CCC(=O)Nc3ccncc3)c2cc1C. The molecule has 2 aromatic heterocycles. The second-order valence-corrected chi connectivity index (χ2v) is 5.40. The van der Waals surface area contributed by atoms with Crippen molar-refractivity contribution in [2.45, 2.75) is 26.8 Å². The lowest BCUT2D eigenvalue weighted by Gasteiger charge is -2.07. The number of imidazole rings is 1. The van der Waals surface area contributed by atoms with Crippen LogP contribution in [-0.2, 0) is 11.3 Å². The third-order valence-corrected chi connectivity index (χ3v) is 3.78. The molecule has 0 unspecified atom stereocenters. The van der Waals surface area contributed by atoms with E-state index >= 15 is 0 Å². The number of aryl methyl sites for hydroxylation is 3. The summed E-state index contributed by atoms with van der Waals surface area (Å²) in [6, 6.07) is 7.75. The number of anilines is 1. The quantitative estimate of drug-likeness (QED) is 0.804. The molecule has 0 fully saturated rings. The van der Waals surface area contributed by atoms with Crippen molar-refractivity contribution in [2.75, 3.05) is 5.32 Å². The van der Waals surface area contributed by atoms with Crippen LogP contribution >= 0.6 is 0 Å². The van der Waals surface area contributed by atoms with Gasteiger partial charge >= 0.3 is 0 Å². The summed E-state index contributed by atoms with van der Waals surface area (Å²) in [5.41, 5.74) is 5.27. The average Bonchev–Trinajstić information content (AvgIpc) is 2.89. The van der Waals surface area contributed by atoms with Crippen LogP contribution in [0.3, 0.4) is 0 Å². The minimum Gasteiger partial charge on any atom is -0.330 e. The van der Waals surface area contributed by atoms with E-state index in [0.29, 0.717) is 13.0 Å². The first-order valence-electron chi connectivity index (χ1n) is 7.25. The Morgan fingerprint density at radius 2 is 1.91 bits per heavy atom. The lowest BCUT2D eigenvalue weighted by molar-refractivity contribution is -0.116. The number of hydrogen-bond donors (Lipinski definition) is 1. The van der Waals surface area contributed by atoms with Gasteiger partial charge in [0, 0.05) is 31.0 Å². The van der Waals surface area contributed by atoms with Gasteiger partial charge in [0.15, 0.2) is 0 Å². The molecule has 0 radical (unpaired) electrons. The fourth-order valence-corrected chi connectivity index (χ4v) is 2.37. The number of hydrogen-bond acceptors (Lipinski definition) is 3. The van der Waals surface area contributed by atoms with Crippen molar-refractivity contribution in [1.29, 1.82) is 0 Å². The molecule has 0 saturated heterocycles. The molecule has 5 heteroatoms. The van der Waals surface area contributed by atoms with Crippen LogP contribution < -0.4 is 5.32 Å². The van der Waals surface area contributed by atoms with Crippen molar-refractivity contribution in [1.82, 2.24) is 14.5 Å². The summed E-state index contributed by atoms with van der Waals surface area (Å²) in [6.45, 7) is 4.77. The van der Waals surface area contributed by atoms with E-state index in [4.69, 9.17) is 0 Å². The number of carbonyl (C=O) groups excluding carboxylic acids is 1. The highest BCUT2D eigenvalue weighted by Crippen LogP contribution is 2.18. The molecule has 3 aromatic rings. The molecular weight excluding hydrogens is 276 g/mol. The van der Waals surface area contributed by atoms with Crippen LogP contribution in [0.1, 0.15) is 17.5 Å². The lowest BCUT2D eigenvalue weighted by atomic mass is 10.1. The van der Waals surface area contributed by atoms with Crippen LogP contribution in [0, 0.1) is 13.8 Å². The van der Waals surface area contributed by atoms with Crippen molar-refractivity contribution in [3.8, 4) is 0 Å². The molecule has 2 heterocycles. The standard InChI is InChI=1S/C17H18N4O/c1-12-9-15-16(10-13(12)2)21(11-19-15)8-5-17(22)20-14-3-6-18-7-4-14/h3-4,6-7,9-11H,5,8H2,1-2H3,(H,18,20,22). The van der Waals surface area contributed by atoms with E-state index in [9.17, 15) is 4.79 Å². The van der Waals surface area contributed by atoms with E-state index < -0.39 is 0 Å². The zero-order valence-electron chi connectivity index (χ0n) is 12.7. The van der Waals surface area contributed by atoms with Gasteiger partial charge < -0.3 is 9.88 Å². The van der Waals surface area contributed by atoms with E-state index in [-0.39, 0.29) is 5.91 Å². The Morgan fingerprint density at radius 1 is 1.18 bits per heavy atom. The zero-order chi connectivity index (χ0) is 15.5. The number of nitrogens with zero attached hydrogens (tertiary/aromatic N) is 3. The van der Waals surface area contributed by atoms with Gasteiger partial charge in [0.1, 0.15) is 0 Å². The van der Waals surface area contributed by atoms with Crippen LogP contribution in [-0.4, -0.2) is 20.4 Å². The summed E-state index contributed by atoms with van der Waals surface area (Å²) >= 11 is 0. The number of rotatable bonds is 4. The van der Waals surface area contributed by atoms with Crippen molar-refractivity contribution in [2.24, 2.45) is 0 Å². The maximum atomic E-state index is 12.0. The van der Waals surface area contributed by atoms with Crippen LogP contribution in [0.5, 0.6) is 0 Å². The first-order valence-corrected chi connectivity index (χ1v) is 7.25. The first kappa shape index (κ1) is 14.3. The maximum Gasteiger partial charge on any atom is 0.226 e. The summed E-state index contributed by atoms with van der Waals surface area (Å²) in [5.74, 6) is -0.0168. The van der Waals surface area contributed by atoms with E-state index in [2.05, 4.69) is 41.3 Å². The molecule has 0 atom stereocenters. The van der Waals surface area contributed by atoms with Gasteiger partial charge in [-0.3, -0.25) is 9.78 Å². The molecule has 0 saturated carbocycles. The van der Waals surface area contributed by atoms with Crippen LogP contribution in [0.25, 0.3) is 11.0 Å². The number of aromatic nitrogens is 3. The summed E-state index contributed by atoms with van der Waals surface area (Å²) in [6.07, 6.45) is 5.51. The Labute approximate surface area is 129 Å². The second-order valence-electron chi connectivity index (χ2n) is 5.40. The van der Waals surface area contributed by atoms with Gasteiger partial charge in [-0.25, -0.2) is 4.98 Å². The summed E-state index contributed by atoms with van der Waals surface area (Å²) in [5, 5.41) is 2.86. The van der Waals surface area contributed by atoms with Crippen molar-refractivity contribution in [3.05, 3.63) is 54.1 Å². The Balaban J connectivity index is 1.69. The van der Waals surface area contributed by atoms with E-state index in [1.807, 2.05) is 4.57 Å². The molecule has 112 valence electrons. The number of fused-ring (bicyclic) bond motifs is 1. The van der Waals surface area contributed by atoms with Crippen molar-refractivity contribution < 1.29 is 4.79 Å². The summed E-state index contributed by atoms with van der Waals surface area (Å²) in [7, 11) is 0. The molecule has 3 rings (SSSR count). The van der Waals surface area contributed by atoms with Crippen LogP contribution in [0.4, 0.5) is 5.69 Å². The average molecular weight is 294 g/mol. The molecular formula is C17H18N4O. The first-order chi connectivity index (χ1) is 10.6. The molecule has 0 aliphatic carbocycles. The van der Waals surface area contributed by atoms with Crippen molar-refractivity contribution >= 4 is 22.6 Å². The zero-order valence-corrected chi connectivity index (χ0v) is 12.7. The van der Waals surface area contributed by atoms with Gasteiger partial charge in [-0.2, -0.15) is 0 Å². The van der Waals surface area contributed by atoms with E-state index in [1.54, 1.807) is 30.9 Å². The van der Waals surface area contributed by atoms with Gasteiger partial charge in [-0.15, -0.1) is 0 Å². The molecule has 1 aromatic carbocycles. The monoisotopic (exact) mass is 294 g/mol. The number of benzene rings is 1. The molecule has 22 heavy (non-hydrogen) atoms. The number of pyridine rings is 1. The van der Waals surface area contributed by atoms with Gasteiger partial charge in [-0.1, -0.05) is 0 Å². The van der Waals surface area contributed by atoms with Gasteiger partial charge in [0.2, 0.25) is 5.91 Å². The van der Waals surface area contributed by atoms with E-state index in [1.165, 1.54) is 11.1 Å². The predicted molar refractivity (Wildman–Crippen MR) is 86.7 cm³/mol. The second kappa shape index (κ2) is 5.97. The van der Waals surface area contributed by atoms with Crippen LogP contribution in [0.2, 0.25) is 0 Å². The smallest absolute Gasteiger partial charge is 0.226 e. The van der Waals surface area contributed by atoms with Gasteiger partial charge in [0.05, 0.1) is 17.4 Å². The van der Waals surface area contributed by atoms with Gasteiger partial charge in [-0.05, 0) is 49.2 Å². The fraction of sp³-hybridized carbons (Fsp3) is 0.235. The largest absolute Gasteiger partial charge is 0.330 e. The normalized spacial score (nSPS) is 10.8. The highest BCUT2D eigenvalue weighted by atomic mass is 16.1. The number of nitrogens with one attached hydrogen (secondary N) is 1. The molecule has 0 spiro atoms. The molecule has 0 aliphatic rings. The van der Waals surface area contributed by atoms with E-state index in [0.717, 1.165) is 16.7 Å². The Kier molecular flexibility index (Phi) is 3.87. The molecule has 1 N–H and O–H groups in total. The van der Waals surface area contributed by atoms with Gasteiger partial charge in [0.25, 0.3) is 0 Å².